The van der Waals surface area contributed by atoms with E-state index in [9.17, 15) is 10.4 Å². The summed E-state index contributed by atoms with van der Waals surface area (Å²) in [5.74, 6) is -0.0828. The lowest BCUT2D eigenvalue weighted by molar-refractivity contribution is -0.00184. The molecular formula is C35H37ClF2N6O3S. The number of anilines is 2. The third kappa shape index (κ3) is 4.80. The average Bonchev–Trinajstić information content (AvgIpc) is 3.65. The van der Waals surface area contributed by atoms with Crippen molar-refractivity contribution in [3.05, 3.63) is 34.4 Å². The van der Waals surface area contributed by atoms with Gasteiger partial charge in [0.2, 0.25) is 0 Å². The Hall–Kier alpha value is -3.50. The van der Waals surface area contributed by atoms with E-state index in [1.807, 2.05) is 13.8 Å². The van der Waals surface area contributed by atoms with Gasteiger partial charge in [-0.05, 0) is 76.0 Å². The zero-order valence-corrected chi connectivity index (χ0v) is 28.6. The number of fused-ring (bicyclic) bond motifs is 4. The lowest BCUT2D eigenvalue weighted by Crippen LogP contribution is -2.50. The Labute approximate surface area is 286 Å². The van der Waals surface area contributed by atoms with Crippen LogP contribution in [0.5, 0.6) is 11.8 Å². The molecule has 3 saturated heterocycles. The number of benzene rings is 2. The molecule has 2 aromatic heterocycles. The van der Waals surface area contributed by atoms with Gasteiger partial charge in [-0.25, -0.2) is 8.78 Å². The number of ether oxygens (including phenoxy) is 2. The predicted octanol–water partition coefficient (Wildman–Crippen LogP) is 6.90. The molecule has 9 nitrogen and oxygen atoms in total. The van der Waals surface area contributed by atoms with Gasteiger partial charge in [0, 0.05) is 24.0 Å². The molecule has 6 heterocycles. The van der Waals surface area contributed by atoms with Crippen LogP contribution in [0.4, 0.5) is 19.6 Å². The third-order valence-electron chi connectivity index (χ3n) is 11.0. The average molecular weight is 695 g/mol. The summed E-state index contributed by atoms with van der Waals surface area (Å²) in [5.41, 5.74) is 5.30. The van der Waals surface area contributed by atoms with Crippen molar-refractivity contribution >= 4 is 54.7 Å². The summed E-state index contributed by atoms with van der Waals surface area (Å²) in [6.07, 6.45) is 4.45. The largest absolute Gasteiger partial charge is 0.489 e. The number of halogens is 3. The van der Waals surface area contributed by atoms with E-state index < -0.39 is 17.2 Å². The van der Waals surface area contributed by atoms with E-state index in [0.717, 1.165) is 43.7 Å². The molecule has 3 unspecified atom stereocenters. The summed E-state index contributed by atoms with van der Waals surface area (Å²) in [6, 6.07) is 4.57. The molecular weight excluding hydrogens is 658 g/mol. The van der Waals surface area contributed by atoms with Crippen molar-refractivity contribution < 1.29 is 23.4 Å². The Morgan fingerprint density at radius 2 is 2.08 bits per heavy atom. The maximum atomic E-state index is 17.2. The molecule has 2 aromatic carbocycles. The monoisotopic (exact) mass is 694 g/mol. The SMILES string of the molecule is C[C@H]1CN2CCCC2(COc2nc3c4c(c(Cl)c(-c5ccc(F)c6sc(N)c(C#N)c56)c(F)c4n2)OCC2CC(C(C)(C)O)CCN32)C1. The number of nitrogens with zero attached hydrogens (tertiary/aromatic N) is 5. The first-order valence-corrected chi connectivity index (χ1v) is 17.7. The molecule has 0 saturated carbocycles. The van der Waals surface area contributed by atoms with Gasteiger partial charge < -0.3 is 25.2 Å². The summed E-state index contributed by atoms with van der Waals surface area (Å²) in [6.45, 7) is 9.09. The normalized spacial score (nSPS) is 25.5. The fourth-order valence-corrected chi connectivity index (χ4v) is 10.0. The van der Waals surface area contributed by atoms with E-state index >= 15 is 8.78 Å². The highest BCUT2D eigenvalue weighted by molar-refractivity contribution is 7.23. The molecule has 8 rings (SSSR count). The molecule has 0 bridgehead atoms. The Kier molecular flexibility index (Phi) is 7.45. The first-order valence-electron chi connectivity index (χ1n) is 16.5. The van der Waals surface area contributed by atoms with Gasteiger partial charge in [-0.15, -0.1) is 11.3 Å². The number of thiophene rings is 1. The summed E-state index contributed by atoms with van der Waals surface area (Å²) < 4.78 is 45.2. The van der Waals surface area contributed by atoms with Crippen molar-refractivity contribution in [2.45, 2.75) is 70.1 Å². The van der Waals surface area contributed by atoms with Gasteiger partial charge >= 0.3 is 6.01 Å². The second-order valence-corrected chi connectivity index (χ2v) is 16.0. The number of rotatable bonds is 5. The van der Waals surface area contributed by atoms with Crippen LogP contribution in [0.3, 0.4) is 0 Å². The molecule has 252 valence electrons. The Morgan fingerprint density at radius 3 is 2.85 bits per heavy atom. The van der Waals surface area contributed by atoms with Crippen LogP contribution in [0.15, 0.2) is 12.1 Å². The van der Waals surface area contributed by atoms with Gasteiger partial charge in [0.1, 0.15) is 41.4 Å². The van der Waals surface area contributed by atoms with E-state index in [0.29, 0.717) is 43.1 Å². The molecule has 0 aliphatic carbocycles. The molecule has 48 heavy (non-hydrogen) atoms. The molecule has 4 aliphatic rings. The minimum absolute atomic E-state index is 0.0112. The highest BCUT2D eigenvalue weighted by Crippen LogP contribution is 2.52. The van der Waals surface area contributed by atoms with Crippen molar-refractivity contribution in [2.75, 3.05) is 43.5 Å². The third-order valence-corrected chi connectivity index (χ3v) is 12.4. The summed E-state index contributed by atoms with van der Waals surface area (Å²) in [4.78, 5) is 14.2. The molecule has 0 radical (unpaired) electrons. The Balaban J connectivity index is 1.32. The minimum Gasteiger partial charge on any atom is -0.489 e. The zero-order chi connectivity index (χ0) is 33.7. The Morgan fingerprint density at radius 1 is 1.27 bits per heavy atom. The number of nitriles is 1. The number of nitrogens with two attached hydrogens (primary N) is 1. The van der Waals surface area contributed by atoms with E-state index in [1.165, 1.54) is 12.1 Å². The molecule has 0 spiro atoms. The number of aliphatic hydroxyl groups is 1. The molecule has 4 aliphatic heterocycles. The smallest absolute Gasteiger partial charge is 0.319 e. The number of hydrogen-bond donors (Lipinski definition) is 2. The highest BCUT2D eigenvalue weighted by atomic mass is 35.5. The van der Waals surface area contributed by atoms with Gasteiger partial charge in [-0.3, -0.25) is 4.90 Å². The number of aromatic nitrogens is 2. The second kappa shape index (κ2) is 11.3. The predicted molar refractivity (Wildman–Crippen MR) is 183 cm³/mol. The zero-order valence-electron chi connectivity index (χ0n) is 27.1. The van der Waals surface area contributed by atoms with Crippen molar-refractivity contribution in [3.63, 3.8) is 0 Å². The van der Waals surface area contributed by atoms with E-state index in [4.69, 9.17) is 31.8 Å². The lowest BCUT2D eigenvalue weighted by atomic mass is 9.80. The van der Waals surface area contributed by atoms with Crippen molar-refractivity contribution in [1.82, 2.24) is 14.9 Å². The molecule has 3 N–H and O–H groups in total. The molecule has 0 amide bonds. The Bertz CT molecular complexity index is 2030. The minimum atomic E-state index is -0.892. The van der Waals surface area contributed by atoms with E-state index in [2.05, 4.69) is 27.8 Å². The van der Waals surface area contributed by atoms with Gasteiger partial charge in [-0.2, -0.15) is 15.2 Å². The van der Waals surface area contributed by atoms with Crippen molar-refractivity contribution in [3.8, 4) is 29.0 Å². The quantitative estimate of drug-likeness (QED) is 0.230. The van der Waals surface area contributed by atoms with Crippen molar-refractivity contribution in [1.29, 1.82) is 5.26 Å². The van der Waals surface area contributed by atoms with Crippen LogP contribution in [-0.4, -0.2) is 70.0 Å². The maximum absolute atomic E-state index is 17.2. The van der Waals surface area contributed by atoms with Gasteiger partial charge in [0.15, 0.2) is 11.6 Å². The van der Waals surface area contributed by atoms with Crippen LogP contribution in [0.2, 0.25) is 5.02 Å². The van der Waals surface area contributed by atoms with Gasteiger partial charge in [-0.1, -0.05) is 24.6 Å². The fourth-order valence-electron chi connectivity index (χ4n) is 8.72. The fraction of sp³-hybridized carbons (Fsp3) is 0.514. The molecule has 13 heteroatoms. The number of hydrogen-bond acceptors (Lipinski definition) is 10. The van der Waals surface area contributed by atoms with Crippen molar-refractivity contribution in [2.24, 2.45) is 11.8 Å². The number of nitrogen functional groups attached to an aromatic ring is 1. The summed E-state index contributed by atoms with van der Waals surface area (Å²) in [5, 5.41) is 21.5. The van der Waals surface area contributed by atoms with Crippen LogP contribution >= 0.6 is 22.9 Å². The summed E-state index contributed by atoms with van der Waals surface area (Å²) in [7, 11) is 0. The van der Waals surface area contributed by atoms with Crippen LogP contribution in [0.25, 0.3) is 32.1 Å². The van der Waals surface area contributed by atoms with Crippen LogP contribution in [0, 0.1) is 34.8 Å². The molecule has 4 aromatic rings. The van der Waals surface area contributed by atoms with Crippen LogP contribution in [0.1, 0.15) is 58.4 Å². The van der Waals surface area contributed by atoms with Crippen LogP contribution < -0.4 is 20.1 Å². The van der Waals surface area contributed by atoms with E-state index in [-0.39, 0.29) is 78.2 Å². The van der Waals surface area contributed by atoms with Gasteiger partial charge in [0.05, 0.1) is 37.9 Å². The highest BCUT2D eigenvalue weighted by Gasteiger charge is 2.48. The van der Waals surface area contributed by atoms with Crippen LogP contribution in [-0.2, 0) is 0 Å². The summed E-state index contributed by atoms with van der Waals surface area (Å²) >= 11 is 8.02. The molecule has 3 fully saturated rings. The molecule has 4 atom stereocenters. The lowest BCUT2D eigenvalue weighted by Gasteiger charge is -2.43. The number of piperidine rings is 1. The van der Waals surface area contributed by atoms with Gasteiger partial charge in [0.25, 0.3) is 0 Å². The first kappa shape index (κ1) is 31.7. The standard InChI is InChI=1S/C35H37ClF2N6O3S/c1-17-12-35(8-4-9-43(35)14-17)16-47-33-41-28-25-29(46-15-19-11-18(34(2,3)45)7-10-44(19)32(25)42-33)26(36)24(27(28)38)20-5-6-22(37)30-23(20)21(13-39)31(40)48-30/h5-6,17-19,45H,4,7-12,14-16,40H2,1-3H3/t17-,18?,19?,35?/m1/s1. The topological polar surface area (TPSA) is 121 Å². The van der Waals surface area contributed by atoms with E-state index in [1.54, 1.807) is 0 Å². The first-order chi connectivity index (χ1) is 22.9. The second-order valence-electron chi connectivity index (χ2n) is 14.5. The maximum Gasteiger partial charge on any atom is 0.319 e.